The fraction of sp³-hybridized carbons (Fsp3) is 0.630. The molecule has 0 saturated carbocycles. The summed E-state index contributed by atoms with van der Waals surface area (Å²) in [4.78, 5) is 7.46. The Bertz CT molecular complexity index is 947. The maximum atomic E-state index is 13.8. The summed E-state index contributed by atoms with van der Waals surface area (Å²) in [6.07, 6.45) is 4.80. The number of unbranched alkanes of at least 4 members (excludes halogenated alkanes) is 5. The largest absolute Gasteiger partial charge is 0.493 e. The highest BCUT2D eigenvalue weighted by molar-refractivity contribution is 5.98. The number of nitrogens with two attached hydrogens (primary N) is 1. The van der Waals surface area contributed by atoms with E-state index in [9.17, 15) is 13.2 Å². The lowest BCUT2D eigenvalue weighted by atomic mass is 10.1. The van der Waals surface area contributed by atoms with E-state index < -0.39 is 11.7 Å². The minimum Gasteiger partial charge on any atom is -0.493 e. The third-order valence-electron chi connectivity index (χ3n) is 6.39. The first-order valence-corrected chi connectivity index (χ1v) is 13.1. The third kappa shape index (κ3) is 9.16. The number of nitrogens with zero attached hydrogens (tertiary/aromatic N) is 3. The van der Waals surface area contributed by atoms with Gasteiger partial charge in [-0.3, -0.25) is 0 Å². The van der Waals surface area contributed by atoms with E-state index in [0.717, 1.165) is 31.7 Å². The molecule has 0 radical (unpaired) electrons. The molecule has 1 heterocycles. The second kappa shape index (κ2) is 14.7. The number of likely N-dealkylation sites (tertiary alicyclic amines) is 1. The minimum absolute atomic E-state index is 0.0213. The van der Waals surface area contributed by atoms with E-state index in [-0.39, 0.29) is 41.6 Å². The van der Waals surface area contributed by atoms with Gasteiger partial charge in [-0.15, -0.1) is 0 Å². The topological polar surface area (TPSA) is 92.7 Å². The second-order valence-corrected chi connectivity index (χ2v) is 9.57. The van der Waals surface area contributed by atoms with Crippen molar-refractivity contribution in [3.8, 4) is 5.75 Å². The third-order valence-corrected chi connectivity index (χ3v) is 6.39. The molecular formula is C27H41F3N4O3. The van der Waals surface area contributed by atoms with E-state index in [1.165, 1.54) is 12.5 Å². The van der Waals surface area contributed by atoms with Crippen LogP contribution in [0.3, 0.4) is 0 Å². The summed E-state index contributed by atoms with van der Waals surface area (Å²) in [6.45, 7) is 8.54. The van der Waals surface area contributed by atoms with Crippen LogP contribution in [-0.4, -0.2) is 41.0 Å². The molecular weight excluding hydrogens is 485 g/mol. The van der Waals surface area contributed by atoms with Crippen LogP contribution in [0.25, 0.3) is 0 Å². The van der Waals surface area contributed by atoms with Gasteiger partial charge in [0, 0.05) is 6.54 Å². The van der Waals surface area contributed by atoms with E-state index in [4.69, 9.17) is 20.5 Å². The van der Waals surface area contributed by atoms with Crippen LogP contribution >= 0.6 is 0 Å². The lowest BCUT2D eigenvalue weighted by Gasteiger charge is -2.25. The van der Waals surface area contributed by atoms with Crippen molar-refractivity contribution in [2.45, 2.75) is 91.3 Å². The smallest absolute Gasteiger partial charge is 0.419 e. The summed E-state index contributed by atoms with van der Waals surface area (Å²) in [5, 5.41) is 16.4. The molecule has 1 aliphatic heterocycles. The highest BCUT2D eigenvalue weighted by atomic mass is 19.4. The van der Waals surface area contributed by atoms with Gasteiger partial charge in [0.15, 0.2) is 5.76 Å². The number of alkyl halides is 3. The summed E-state index contributed by atoms with van der Waals surface area (Å²) in [6, 6.07) is 3.65. The first kappa shape index (κ1) is 30.3. The van der Waals surface area contributed by atoms with Crippen LogP contribution in [0, 0.1) is 5.92 Å². The van der Waals surface area contributed by atoms with Crippen molar-refractivity contribution in [1.82, 2.24) is 4.90 Å². The lowest BCUT2D eigenvalue weighted by Crippen LogP contribution is -2.42. The number of halogens is 3. The Labute approximate surface area is 218 Å². The first-order valence-electron chi connectivity index (χ1n) is 13.1. The number of hydrogen-bond donors (Lipinski definition) is 2. The maximum absolute atomic E-state index is 13.8. The van der Waals surface area contributed by atoms with Gasteiger partial charge in [0.05, 0.1) is 23.9 Å². The molecule has 0 aliphatic carbocycles. The van der Waals surface area contributed by atoms with Crippen molar-refractivity contribution in [1.29, 1.82) is 0 Å². The van der Waals surface area contributed by atoms with Gasteiger partial charge in [-0.25, -0.2) is 0 Å². The number of oxime groups is 2. The summed E-state index contributed by atoms with van der Waals surface area (Å²) in [5.41, 5.74) is 5.58. The van der Waals surface area contributed by atoms with Crippen molar-refractivity contribution >= 4 is 11.7 Å². The fourth-order valence-corrected chi connectivity index (χ4v) is 4.40. The van der Waals surface area contributed by atoms with Crippen LogP contribution in [0.2, 0.25) is 0 Å². The molecule has 0 spiro atoms. The summed E-state index contributed by atoms with van der Waals surface area (Å²) < 4.78 is 46.9. The van der Waals surface area contributed by atoms with Gasteiger partial charge in [-0.05, 0) is 61.9 Å². The summed E-state index contributed by atoms with van der Waals surface area (Å²) >= 11 is 0. The van der Waals surface area contributed by atoms with Crippen LogP contribution in [0.4, 0.5) is 13.2 Å². The van der Waals surface area contributed by atoms with Gasteiger partial charge in [0.2, 0.25) is 5.96 Å². The molecule has 1 aliphatic rings. The average Bonchev–Trinajstić information content (AvgIpc) is 3.26. The second-order valence-electron chi connectivity index (χ2n) is 9.57. The lowest BCUT2D eigenvalue weighted by molar-refractivity contribution is -0.139. The Morgan fingerprint density at radius 2 is 1.89 bits per heavy atom. The quantitative estimate of drug-likeness (QED) is 0.0729. The van der Waals surface area contributed by atoms with Gasteiger partial charge in [0.1, 0.15) is 5.75 Å². The normalized spacial score (nSPS) is 19.4. The summed E-state index contributed by atoms with van der Waals surface area (Å²) in [5.74, 6) is 0.580. The Morgan fingerprint density at radius 3 is 2.54 bits per heavy atom. The zero-order valence-corrected chi connectivity index (χ0v) is 22.4. The van der Waals surface area contributed by atoms with Crippen LogP contribution in [0.5, 0.6) is 5.75 Å². The monoisotopic (exact) mass is 526 g/mol. The Hall–Kier alpha value is -2.91. The number of benzene rings is 1. The van der Waals surface area contributed by atoms with Gasteiger partial charge in [0.25, 0.3) is 0 Å². The molecule has 1 saturated heterocycles. The molecule has 208 valence electrons. The predicted octanol–water partition coefficient (Wildman–Crippen LogP) is 6.89. The zero-order valence-electron chi connectivity index (χ0n) is 22.4. The maximum Gasteiger partial charge on any atom is 0.419 e. The minimum atomic E-state index is -4.57. The van der Waals surface area contributed by atoms with Gasteiger partial charge in [-0.2, -0.15) is 13.2 Å². The number of allylic oxidation sites excluding steroid dienone is 1. The standard InChI is InChI=1S/C27H41F3N4O3/c1-5-7-8-9-10-11-15-36-24-14-13-21(17-22(24)27(28,29)30)20(4)33-37-25(12-6-2)23-16-19(3)18-34(23)26(31)32-35/h12-14,17,19,23,35H,5-11,15-16,18H2,1-4H3,(H2,31,32)/b25-12+,33-20+/t19?,23-/m0/s1. The predicted molar refractivity (Wildman–Crippen MR) is 140 cm³/mol. The first-order chi connectivity index (χ1) is 17.6. The average molecular weight is 527 g/mol. The number of ether oxygens (including phenoxy) is 1. The SMILES string of the molecule is CC/C=C(/O/N=C(\C)c1ccc(OCCCCCCCC)c(C(F)(F)F)c1)[C@@H]1CC(C)CN1/C(N)=N/O. The molecule has 2 atom stereocenters. The highest BCUT2D eigenvalue weighted by Crippen LogP contribution is 2.37. The van der Waals surface area contributed by atoms with Crippen molar-refractivity contribution in [3.63, 3.8) is 0 Å². The van der Waals surface area contributed by atoms with Crippen LogP contribution in [0.1, 0.15) is 90.2 Å². The highest BCUT2D eigenvalue weighted by Gasteiger charge is 2.36. The van der Waals surface area contributed by atoms with Crippen LogP contribution in [-0.2, 0) is 11.0 Å². The van der Waals surface area contributed by atoms with Crippen LogP contribution in [0.15, 0.2) is 40.3 Å². The van der Waals surface area contributed by atoms with E-state index in [0.29, 0.717) is 31.6 Å². The van der Waals surface area contributed by atoms with E-state index in [2.05, 4.69) is 17.2 Å². The van der Waals surface area contributed by atoms with Gasteiger partial charge in [-0.1, -0.05) is 63.2 Å². The van der Waals surface area contributed by atoms with Crippen molar-refractivity contribution in [3.05, 3.63) is 41.2 Å². The molecule has 0 aromatic heterocycles. The number of guanidine groups is 1. The van der Waals surface area contributed by atoms with E-state index in [1.54, 1.807) is 17.9 Å². The molecule has 0 bridgehead atoms. The zero-order chi connectivity index (χ0) is 27.4. The van der Waals surface area contributed by atoms with Gasteiger partial charge < -0.3 is 25.4 Å². The van der Waals surface area contributed by atoms with Crippen LogP contribution < -0.4 is 10.5 Å². The van der Waals surface area contributed by atoms with Crippen molar-refractivity contribution in [2.75, 3.05) is 13.2 Å². The molecule has 1 unspecified atom stereocenters. The molecule has 1 fully saturated rings. The molecule has 1 aromatic carbocycles. The van der Waals surface area contributed by atoms with Crippen molar-refractivity contribution in [2.24, 2.45) is 22.0 Å². The molecule has 2 rings (SSSR count). The Balaban J connectivity index is 2.15. The van der Waals surface area contributed by atoms with E-state index >= 15 is 0 Å². The van der Waals surface area contributed by atoms with Crippen molar-refractivity contribution < 1.29 is 28.0 Å². The summed E-state index contributed by atoms with van der Waals surface area (Å²) in [7, 11) is 0. The molecule has 0 amide bonds. The molecule has 7 nitrogen and oxygen atoms in total. The molecule has 10 heteroatoms. The van der Waals surface area contributed by atoms with Gasteiger partial charge >= 0.3 is 6.18 Å². The van der Waals surface area contributed by atoms with E-state index in [1.807, 2.05) is 19.9 Å². The fourth-order valence-electron chi connectivity index (χ4n) is 4.40. The number of hydrogen-bond acceptors (Lipinski definition) is 5. The molecule has 37 heavy (non-hydrogen) atoms. The molecule has 3 N–H and O–H groups in total. The number of rotatable bonds is 13. The Morgan fingerprint density at radius 1 is 1.19 bits per heavy atom. The molecule has 1 aromatic rings. The Kier molecular flexibility index (Phi) is 12.1.